The second-order valence-electron chi connectivity index (χ2n) is 9.35. The first kappa shape index (κ1) is 23.9. The van der Waals surface area contributed by atoms with Crippen molar-refractivity contribution in [3.05, 3.63) is 65.7 Å². The van der Waals surface area contributed by atoms with E-state index in [-0.39, 0.29) is 11.7 Å². The molecule has 0 atom stereocenters. The topological polar surface area (TPSA) is 88.5 Å². The Labute approximate surface area is 210 Å². The number of carboxylic acid groups (broad SMARTS) is 1. The number of piperidine rings is 1. The van der Waals surface area contributed by atoms with Gasteiger partial charge in [-0.15, -0.1) is 0 Å². The fraction of sp³-hybridized carbons (Fsp3) is 0.357. The summed E-state index contributed by atoms with van der Waals surface area (Å²) in [5.74, 6) is 0.682. The van der Waals surface area contributed by atoms with E-state index in [1.165, 1.54) is 12.1 Å². The molecule has 0 unspecified atom stereocenters. The molecule has 2 aliphatic heterocycles. The lowest BCUT2D eigenvalue weighted by molar-refractivity contribution is -0.000987. The van der Waals surface area contributed by atoms with Gasteiger partial charge >= 0.3 is 12.1 Å². The number of fused-ring (bicyclic) bond motifs is 1. The second kappa shape index (κ2) is 9.70. The number of methoxy groups -OCH3 is 1. The number of nitrogens with zero attached hydrogens (tertiary/aromatic N) is 2. The summed E-state index contributed by atoms with van der Waals surface area (Å²) >= 11 is 0. The Morgan fingerprint density at radius 3 is 2.47 bits per heavy atom. The molecule has 5 rings (SSSR count). The Kier molecular flexibility index (Phi) is 6.45. The second-order valence-corrected chi connectivity index (χ2v) is 9.35. The first-order valence-electron chi connectivity index (χ1n) is 12.2. The summed E-state index contributed by atoms with van der Waals surface area (Å²) in [6, 6.07) is 16.6. The number of benzene rings is 3. The molecule has 0 aliphatic carbocycles. The third kappa shape index (κ3) is 4.56. The summed E-state index contributed by atoms with van der Waals surface area (Å²) in [4.78, 5) is 27.8. The van der Waals surface area contributed by atoms with Crippen molar-refractivity contribution in [1.29, 1.82) is 0 Å². The molecule has 1 spiro atoms. The average molecular weight is 491 g/mol. The lowest BCUT2D eigenvalue weighted by atomic mass is 9.91. The summed E-state index contributed by atoms with van der Waals surface area (Å²) in [6.07, 6.45) is 1.09. The number of rotatable bonds is 7. The van der Waals surface area contributed by atoms with E-state index in [9.17, 15) is 9.59 Å². The molecule has 0 bridgehead atoms. The summed E-state index contributed by atoms with van der Waals surface area (Å²) in [5.41, 5.74) is 1.46. The molecule has 0 saturated carbocycles. The Hall–Kier alpha value is -3.78. The largest absolute Gasteiger partial charge is 0.496 e. The van der Waals surface area contributed by atoms with Crippen LogP contribution in [0.5, 0.6) is 11.5 Å². The van der Waals surface area contributed by atoms with Gasteiger partial charge in [-0.1, -0.05) is 12.1 Å². The van der Waals surface area contributed by atoms with Crippen LogP contribution in [0.25, 0.3) is 10.8 Å². The minimum Gasteiger partial charge on any atom is -0.496 e. The van der Waals surface area contributed by atoms with Crippen LogP contribution in [-0.2, 0) is 11.3 Å². The fourth-order valence-electron chi connectivity index (χ4n) is 5.17. The van der Waals surface area contributed by atoms with Gasteiger partial charge in [0.2, 0.25) is 0 Å². The van der Waals surface area contributed by atoms with Crippen LogP contribution >= 0.6 is 0 Å². The molecule has 2 heterocycles. The number of amides is 1. The maximum Gasteiger partial charge on any atom is 0.415 e. The quantitative estimate of drug-likeness (QED) is 0.502. The summed E-state index contributed by atoms with van der Waals surface area (Å²) in [6.45, 7) is 5.39. The highest BCUT2D eigenvalue weighted by Gasteiger charge is 2.47. The van der Waals surface area contributed by atoms with Crippen molar-refractivity contribution in [2.45, 2.75) is 31.9 Å². The predicted molar refractivity (Wildman–Crippen MR) is 136 cm³/mol. The van der Waals surface area contributed by atoms with Gasteiger partial charge in [0.1, 0.15) is 17.1 Å². The molecule has 3 aromatic carbocycles. The molecule has 3 aromatic rings. The van der Waals surface area contributed by atoms with Crippen LogP contribution in [0.3, 0.4) is 0 Å². The van der Waals surface area contributed by atoms with Crippen LogP contribution in [0.1, 0.15) is 35.7 Å². The SMILES string of the molecule is CCOc1cc(CN2CCC3(CC2)CN(c2ccc(C(=O)O)cc2)C(=O)O3)cc2c(OC)cccc12. The molecule has 1 amide bonds. The molecule has 8 heteroatoms. The standard InChI is InChI=1S/C28H30N2O6/c1-3-35-25-16-19(15-23-22(25)5-4-6-24(23)34-2)17-29-13-11-28(12-14-29)18-30(27(33)36-28)21-9-7-20(8-10-21)26(31)32/h4-10,15-16H,3,11-14,17-18H2,1-2H3,(H,31,32). The molecule has 1 N–H and O–H groups in total. The number of aromatic carboxylic acids is 1. The van der Waals surface area contributed by atoms with Gasteiger partial charge in [0.25, 0.3) is 0 Å². The number of carbonyl (C=O) groups excluding carboxylic acids is 1. The van der Waals surface area contributed by atoms with E-state index >= 15 is 0 Å². The van der Waals surface area contributed by atoms with Crippen molar-refractivity contribution in [2.75, 3.05) is 38.3 Å². The van der Waals surface area contributed by atoms with Crippen LogP contribution in [0.4, 0.5) is 10.5 Å². The summed E-state index contributed by atoms with van der Waals surface area (Å²) < 4.78 is 17.4. The Balaban J connectivity index is 1.28. The Morgan fingerprint density at radius 2 is 1.81 bits per heavy atom. The first-order valence-corrected chi connectivity index (χ1v) is 12.2. The van der Waals surface area contributed by atoms with Crippen molar-refractivity contribution in [2.24, 2.45) is 0 Å². The zero-order valence-electron chi connectivity index (χ0n) is 20.5. The highest BCUT2D eigenvalue weighted by atomic mass is 16.6. The van der Waals surface area contributed by atoms with E-state index in [2.05, 4.69) is 17.0 Å². The van der Waals surface area contributed by atoms with Gasteiger partial charge in [-0.05, 0) is 55.0 Å². The van der Waals surface area contributed by atoms with Crippen LogP contribution in [0, 0.1) is 0 Å². The molecular weight excluding hydrogens is 460 g/mol. The highest BCUT2D eigenvalue weighted by Crippen LogP contribution is 2.37. The van der Waals surface area contributed by atoms with Crippen molar-refractivity contribution in [3.63, 3.8) is 0 Å². The van der Waals surface area contributed by atoms with Crippen LogP contribution in [0.2, 0.25) is 0 Å². The molecule has 36 heavy (non-hydrogen) atoms. The van der Waals surface area contributed by atoms with Crippen molar-refractivity contribution >= 4 is 28.5 Å². The van der Waals surface area contributed by atoms with E-state index < -0.39 is 11.6 Å². The average Bonchev–Trinajstić information content (AvgIpc) is 3.21. The van der Waals surface area contributed by atoms with Gasteiger partial charge in [0.05, 0.1) is 25.8 Å². The van der Waals surface area contributed by atoms with Crippen molar-refractivity contribution < 1.29 is 28.9 Å². The van der Waals surface area contributed by atoms with Crippen molar-refractivity contribution in [1.82, 2.24) is 4.90 Å². The minimum atomic E-state index is -0.993. The minimum absolute atomic E-state index is 0.188. The van der Waals surface area contributed by atoms with Crippen LogP contribution in [0.15, 0.2) is 54.6 Å². The maximum atomic E-state index is 12.7. The fourth-order valence-corrected chi connectivity index (χ4v) is 5.17. The predicted octanol–water partition coefficient (Wildman–Crippen LogP) is 4.94. The van der Waals surface area contributed by atoms with E-state index in [4.69, 9.17) is 19.3 Å². The molecule has 2 saturated heterocycles. The van der Waals surface area contributed by atoms with Crippen LogP contribution < -0.4 is 14.4 Å². The van der Waals surface area contributed by atoms with Gasteiger partial charge in [-0.3, -0.25) is 9.80 Å². The number of carbonyl (C=O) groups is 2. The smallest absolute Gasteiger partial charge is 0.415 e. The normalized spacial score (nSPS) is 17.4. The molecule has 0 radical (unpaired) electrons. The Bertz CT molecular complexity index is 1280. The van der Waals surface area contributed by atoms with Crippen molar-refractivity contribution in [3.8, 4) is 11.5 Å². The van der Waals surface area contributed by atoms with E-state index in [0.717, 1.165) is 60.3 Å². The molecule has 188 valence electrons. The molecule has 8 nitrogen and oxygen atoms in total. The van der Waals surface area contributed by atoms with E-state index in [0.29, 0.717) is 18.8 Å². The van der Waals surface area contributed by atoms with Gasteiger partial charge in [-0.2, -0.15) is 0 Å². The number of hydrogen-bond donors (Lipinski definition) is 1. The molecule has 0 aromatic heterocycles. The number of ether oxygens (including phenoxy) is 3. The van der Waals surface area contributed by atoms with Crippen LogP contribution in [-0.4, -0.2) is 61.0 Å². The summed E-state index contributed by atoms with van der Waals surface area (Å²) in [7, 11) is 1.68. The molecule has 2 fully saturated rings. The summed E-state index contributed by atoms with van der Waals surface area (Å²) in [5, 5.41) is 11.2. The zero-order chi connectivity index (χ0) is 25.3. The van der Waals surface area contributed by atoms with Gasteiger partial charge < -0.3 is 19.3 Å². The molecular formula is C28H30N2O6. The third-order valence-electron chi connectivity index (χ3n) is 7.07. The Morgan fingerprint density at radius 1 is 1.06 bits per heavy atom. The van der Waals surface area contributed by atoms with Gasteiger partial charge in [-0.25, -0.2) is 9.59 Å². The molecule has 2 aliphatic rings. The lowest BCUT2D eigenvalue weighted by Crippen LogP contribution is -2.46. The monoisotopic (exact) mass is 490 g/mol. The lowest BCUT2D eigenvalue weighted by Gasteiger charge is -2.37. The number of anilines is 1. The number of carboxylic acids is 1. The van der Waals surface area contributed by atoms with E-state index in [1.54, 1.807) is 24.1 Å². The zero-order valence-corrected chi connectivity index (χ0v) is 20.5. The number of likely N-dealkylation sites (tertiary alicyclic amines) is 1. The third-order valence-corrected chi connectivity index (χ3v) is 7.07. The highest BCUT2D eigenvalue weighted by molar-refractivity contribution is 5.94. The van der Waals surface area contributed by atoms with E-state index in [1.807, 2.05) is 25.1 Å². The van der Waals surface area contributed by atoms with Gasteiger partial charge in [0, 0.05) is 48.9 Å². The maximum absolute atomic E-state index is 12.7. The van der Waals surface area contributed by atoms with Gasteiger partial charge in [0.15, 0.2) is 0 Å². The number of hydrogen-bond acceptors (Lipinski definition) is 6. The first-order chi connectivity index (χ1) is 17.4.